The Morgan fingerprint density at radius 2 is 2.36 bits per heavy atom. The van der Waals surface area contributed by atoms with Gasteiger partial charge in [-0.15, -0.1) is 0 Å². The van der Waals surface area contributed by atoms with Gasteiger partial charge in [0.2, 0.25) is 0 Å². The minimum Gasteiger partial charge on any atom is -0.314 e. The Balaban J connectivity index is 1.77. The van der Waals surface area contributed by atoms with Crippen LogP contribution in [0, 0.1) is 5.92 Å². The SMILES string of the molecule is c1cnc2c(c1)CC(C1CCCN1)C2. The monoisotopic (exact) mass is 188 g/mol. The molecule has 2 heterocycles. The third kappa shape index (κ3) is 1.34. The summed E-state index contributed by atoms with van der Waals surface area (Å²) in [5.74, 6) is 0.808. The van der Waals surface area contributed by atoms with E-state index in [0.717, 1.165) is 12.0 Å². The maximum Gasteiger partial charge on any atom is 0.0439 e. The van der Waals surface area contributed by atoms with Crippen LogP contribution in [0.2, 0.25) is 0 Å². The number of nitrogens with zero attached hydrogens (tertiary/aromatic N) is 1. The molecule has 0 spiro atoms. The van der Waals surface area contributed by atoms with Gasteiger partial charge in [0, 0.05) is 17.9 Å². The molecule has 2 aliphatic rings. The fraction of sp³-hybridized carbons (Fsp3) is 0.583. The van der Waals surface area contributed by atoms with E-state index in [9.17, 15) is 0 Å². The summed E-state index contributed by atoms with van der Waals surface area (Å²) in [6.45, 7) is 1.21. The summed E-state index contributed by atoms with van der Waals surface area (Å²) in [6, 6.07) is 5.05. The molecule has 14 heavy (non-hydrogen) atoms. The van der Waals surface area contributed by atoms with Gasteiger partial charge in [0.05, 0.1) is 0 Å². The van der Waals surface area contributed by atoms with Gasteiger partial charge in [-0.3, -0.25) is 4.98 Å². The largest absolute Gasteiger partial charge is 0.314 e. The second-order valence-corrected chi connectivity index (χ2v) is 4.48. The highest BCUT2D eigenvalue weighted by molar-refractivity contribution is 5.26. The molecular formula is C12H16N2. The number of fused-ring (bicyclic) bond motifs is 1. The third-order valence-electron chi connectivity index (χ3n) is 3.59. The van der Waals surface area contributed by atoms with E-state index in [1.165, 1.54) is 43.5 Å². The van der Waals surface area contributed by atoms with Crippen LogP contribution in [-0.4, -0.2) is 17.6 Å². The molecule has 2 atom stereocenters. The van der Waals surface area contributed by atoms with Crippen LogP contribution in [0.5, 0.6) is 0 Å². The quantitative estimate of drug-likeness (QED) is 0.723. The van der Waals surface area contributed by atoms with Crippen molar-refractivity contribution in [3.05, 3.63) is 29.6 Å². The molecule has 2 unspecified atom stereocenters. The molecule has 1 saturated heterocycles. The van der Waals surface area contributed by atoms with E-state index in [1.807, 2.05) is 6.20 Å². The molecule has 2 nitrogen and oxygen atoms in total. The Labute approximate surface area is 84.7 Å². The summed E-state index contributed by atoms with van der Waals surface area (Å²) in [5.41, 5.74) is 2.82. The Morgan fingerprint density at radius 1 is 1.36 bits per heavy atom. The Kier molecular flexibility index (Phi) is 2.02. The van der Waals surface area contributed by atoms with Crippen molar-refractivity contribution in [2.45, 2.75) is 31.7 Å². The molecule has 0 amide bonds. The van der Waals surface area contributed by atoms with Gasteiger partial charge in [-0.05, 0) is 49.8 Å². The fourth-order valence-electron chi connectivity index (χ4n) is 2.84. The smallest absolute Gasteiger partial charge is 0.0439 e. The van der Waals surface area contributed by atoms with Crippen LogP contribution in [-0.2, 0) is 12.8 Å². The maximum absolute atomic E-state index is 4.45. The van der Waals surface area contributed by atoms with E-state index >= 15 is 0 Å². The molecule has 1 N–H and O–H groups in total. The molecule has 0 saturated carbocycles. The first-order valence-corrected chi connectivity index (χ1v) is 5.59. The van der Waals surface area contributed by atoms with Gasteiger partial charge in [-0.25, -0.2) is 0 Å². The zero-order chi connectivity index (χ0) is 9.38. The zero-order valence-electron chi connectivity index (χ0n) is 8.37. The Hall–Kier alpha value is -0.890. The van der Waals surface area contributed by atoms with Crippen molar-refractivity contribution < 1.29 is 0 Å². The lowest BCUT2D eigenvalue weighted by Gasteiger charge is -2.17. The van der Waals surface area contributed by atoms with Crippen LogP contribution in [0.4, 0.5) is 0 Å². The fourth-order valence-corrected chi connectivity index (χ4v) is 2.84. The lowest BCUT2D eigenvalue weighted by Crippen LogP contribution is -2.30. The van der Waals surface area contributed by atoms with Crippen LogP contribution < -0.4 is 5.32 Å². The second-order valence-electron chi connectivity index (χ2n) is 4.48. The lowest BCUT2D eigenvalue weighted by molar-refractivity contribution is 0.404. The molecule has 1 aliphatic carbocycles. The van der Waals surface area contributed by atoms with Gasteiger partial charge in [-0.1, -0.05) is 6.07 Å². The number of aromatic nitrogens is 1. The Morgan fingerprint density at radius 3 is 3.14 bits per heavy atom. The molecular weight excluding hydrogens is 172 g/mol. The van der Waals surface area contributed by atoms with Gasteiger partial charge < -0.3 is 5.32 Å². The summed E-state index contributed by atoms with van der Waals surface area (Å²) >= 11 is 0. The van der Waals surface area contributed by atoms with E-state index in [2.05, 4.69) is 22.4 Å². The molecule has 0 bridgehead atoms. The summed E-state index contributed by atoms with van der Waals surface area (Å²) in [7, 11) is 0. The number of hydrogen-bond donors (Lipinski definition) is 1. The third-order valence-corrected chi connectivity index (χ3v) is 3.59. The lowest BCUT2D eigenvalue weighted by atomic mass is 9.96. The van der Waals surface area contributed by atoms with Gasteiger partial charge in [0.25, 0.3) is 0 Å². The van der Waals surface area contributed by atoms with Gasteiger partial charge in [0.15, 0.2) is 0 Å². The van der Waals surface area contributed by atoms with Crippen LogP contribution in [0.15, 0.2) is 18.3 Å². The van der Waals surface area contributed by atoms with Gasteiger partial charge in [0.1, 0.15) is 0 Å². The molecule has 1 aromatic rings. The average Bonchev–Trinajstić information content (AvgIpc) is 2.86. The Bertz CT molecular complexity index is 304. The van der Waals surface area contributed by atoms with Gasteiger partial charge in [-0.2, -0.15) is 0 Å². The summed E-state index contributed by atoms with van der Waals surface area (Å²) in [6.07, 6.45) is 7.06. The van der Waals surface area contributed by atoms with Crippen LogP contribution >= 0.6 is 0 Å². The molecule has 2 heteroatoms. The van der Waals surface area contributed by atoms with E-state index in [1.54, 1.807) is 0 Å². The molecule has 1 aliphatic heterocycles. The van der Waals surface area contributed by atoms with Crippen molar-refractivity contribution in [2.24, 2.45) is 5.92 Å². The van der Waals surface area contributed by atoms with Gasteiger partial charge >= 0.3 is 0 Å². The predicted octanol–water partition coefficient (Wildman–Crippen LogP) is 1.55. The summed E-state index contributed by atoms with van der Waals surface area (Å²) in [4.78, 5) is 4.45. The standard InChI is InChI=1S/C12H16N2/c1-3-9-7-10(8-12(9)14-5-1)11-4-2-6-13-11/h1,3,5,10-11,13H,2,4,6-8H2. The molecule has 74 valence electrons. The van der Waals surface area contributed by atoms with Crippen molar-refractivity contribution in [1.29, 1.82) is 0 Å². The highest BCUT2D eigenvalue weighted by Crippen LogP contribution is 2.29. The van der Waals surface area contributed by atoms with Crippen LogP contribution in [0.3, 0.4) is 0 Å². The first-order valence-electron chi connectivity index (χ1n) is 5.59. The van der Waals surface area contributed by atoms with E-state index in [-0.39, 0.29) is 0 Å². The molecule has 0 aromatic carbocycles. The molecule has 1 fully saturated rings. The number of pyridine rings is 1. The van der Waals surface area contributed by atoms with Crippen LogP contribution in [0.1, 0.15) is 24.1 Å². The van der Waals surface area contributed by atoms with Crippen LogP contribution in [0.25, 0.3) is 0 Å². The first kappa shape index (κ1) is 8.42. The summed E-state index contributed by atoms with van der Waals surface area (Å²) < 4.78 is 0. The minimum atomic E-state index is 0.754. The zero-order valence-corrected chi connectivity index (χ0v) is 8.37. The molecule has 3 rings (SSSR count). The highest BCUT2D eigenvalue weighted by Gasteiger charge is 2.30. The molecule has 0 radical (unpaired) electrons. The topological polar surface area (TPSA) is 24.9 Å². The van der Waals surface area contributed by atoms with E-state index < -0.39 is 0 Å². The number of hydrogen-bond acceptors (Lipinski definition) is 2. The minimum absolute atomic E-state index is 0.754. The molecule has 1 aromatic heterocycles. The second kappa shape index (κ2) is 3.35. The van der Waals surface area contributed by atoms with Crippen molar-refractivity contribution in [1.82, 2.24) is 10.3 Å². The number of nitrogens with one attached hydrogen (secondary N) is 1. The average molecular weight is 188 g/mol. The van der Waals surface area contributed by atoms with Crippen molar-refractivity contribution in [3.8, 4) is 0 Å². The van der Waals surface area contributed by atoms with Crippen molar-refractivity contribution >= 4 is 0 Å². The van der Waals surface area contributed by atoms with E-state index in [0.29, 0.717) is 0 Å². The summed E-state index contributed by atoms with van der Waals surface area (Å²) in [5, 5.41) is 3.61. The number of rotatable bonds is 1. The maximum atomic E-state index is 4.45. The van der Waals surface area contributed by atoms with E-state index in [4.69, 9.17) is 0 Å². The normalized spacial score (nSPS) is 30.6. The van der Waals surface area contributed by atoms with Crippen molar-refractivity contribution in [3.63, 3.8) is 0 Å². The predicted molar refractivity (Wildman–Crippen MR) is 56.2 cm³/mol. The first-order chi connectivity index (χ1) is 6.93. The van der Waals surface area contributed by atoms with Crippen molar-refractivity contribution in [2.75, 3.05) is 6.54 Å². The highest BCUT2D eigenvalue weighted by atomic mass is 14.9.